The van der Waals surface area contributed by atoms with E-state index in [1.807, 2.05) is 25.1 Å². The summed E-state index contributed by atoms with van der Waals surface area (Å²) in [4.78, 5) is 2.19. The summed E-state index contributed by atoms with van der Waals surface area (Å²) < 4.78 is 0. The van der Waals surface area contributed by atoms with Crippen molar-refractivity contribution in [2.24, 2.45) is 5.73 Å². The van der Waals surface area contributed by atoms with Crippen molar-refractivity contribution in [2.75, 3.05) is 18.1 Å². The number of benzene rings is 1. The van der Waals surface area contributed by atoms with E-state index in [0.717, 1.165) is 35.7 Å². The molecule has 0 aromatic heterocycles. The molecule has 4 heteroatoms. The van der Waals surface area contributed by atoms with Crippen molar-refractivity contribution in [1.29, 1.82) is 0 Å². The summed E-state index contributed by atoms with van der Waals surface area (Å²) in [6, 6.07) is 6.14. The second kappa shape index (κ2) is 5.25. The van der Waals surface area contributed by atoms with E-state index < -0.39 is 0 Å². The van der Waals surface area contributed by atoms with Gasteiger partial charge in [0.05, 0.1) is 23.4 Å². The minimum Gasteiger partial charge on any atom is -0.394 e. The van der Waals surface area contributed by atoms with Gasteiger partial charge in [0.25, 0.3) is 0 Å². The lowest BCUT2D eigenvalue weighted by atomic mass is 10.1. The third-order valence-electron chi connectivity index (χ3n) is 3.39. The van der Waals surface area contributed by atoms with Crippen molar-refractivity contribution < 1.29 is 5.11 Å². The Morgan fingerprint density at radius 2 is 2.35 bits per heavy atom. The standard InChI is InChI=1S/C13H19ClN2O/c1-9(15)10-4-5-13(12(14)7-10)16-6-2-3-11(16)8-17/h4-5,7,9,11,17H,2-3,6,8,15H2,1H3. The van der Waals surface area contributed by atoms with Gasteiger partial charge in [0, 0.05) is 12.6 Å². The highest BCUT2D eigenvalue weighted by Crippen LogP contribution is 2.33. The molecule has 1 fully saturated rings. The molecule has 3 N–H and O–H groups in total. The summed E-state index contributed by atoms with van der Waals surface area (Å²) in [5.41, 5.74) is 7.87. The van der Waals surface area contributed by atoms with E-state index in [1.165, 1.54) is 0 Å². The van der Waals surface area contributed by atoms with Crippen LogP contribution in [0.2, 0.25) is 5.02 Å². The molecule has 0 bridgehead atoms. The highest BCUT2D eigenvalue weighted by Gasteiger charge is 2.25. The van der Waals surface area contributed by atoms with Crippen LogP contribution >= 0.6 is 11.6 Å². The van der Waals surface area contributed by atoms with Crippen LogP contribution in [0.1, 0.15) is 31.4 Å². The molecular formula is C13H19ClN2O. The van der Waals surface area contributed by atoms with Crippen molar-refractivity contribution in [1.82, 2.24) is 0 Å². The zero-order valence-corrected chi connectivity index (χ0v) is 10.8. The molecular weight excluding hydrogens is 236 g/mol. The second-order valence-electron chi connectivity index (χ2n) is 4.67. The average molecular weight is 255 g/mol. The summed E-state index contributed by atoms with van der Waals surface area (Å²) in [5, 5.41) is 10.0. The molecule has 2 unspecified atom stereocenters. The van der Waals surface area contributed by atoms with Gasteiger partial charge in [-0.05, 0) is 37.5 Å². The van der Waals surface area contributed by atoms with Crippen molar-refractivity contribution in [3.8, 4) is 0 Å². The van der Waals surface area contributed by atoms with Gasteiger partial charge < -0.3 is 15.7 Å². The first-order valence-corrected chi connectivity index (χ1v) is 6.44. The monoisotopic (exact) mass is 254 g/mol. The van der Waals surface area contributed by atoms with Crippen LogP contribution in [0.5, 0.6) is 0 Å². The van der Waals surface area contributed by atoms with Gasteiger partial charge in [0.15, 0.2) is 0 Å². The van der Waals surface area contributed by atoms with Crippen molar-refractivity contribution in [3.05, 3.63) is 28.8 Å². The molecule has 17 heavy (non-hydrogen) atoms. The number of hydrogen-bond donors (Lipinski definition) is 2. The van der Waals surface area contributed by atoms with Crippen LogP contribution in [0.4, 0.5) is 5.69 Å². The number of aliphatic hydroxyl groups excluding tert-OH is 1. The number of rotatable bonds is 3. The molecule has 1 aromatic carbocycles. The Bertz CT molecular complexity index is 395. The summed E-state index contributed by atoms with van der Waals surface area (Å²) in [6.45, 7) is 3.09. The SMILES string of the molecule is CC(N)c1ccc(N2CCCC2CO)c(Cl)c1. The summed E-state index contributed by atoms with van der Waals surface area (Å²) in [7, 11) is 0. The third-order valence-corrected chi connectivity index (χ3v) is 3.70. The predicted molar refractivity (Wildman–Crippen MR) is 71.5 cm³/mol. The zero-order valence-electron chi connectivity index (χ0n) is 10.1. The third kappa shape index (κ3) is 2.57. The first kappa shape index (κ1) is 12.7. The molecule has 3 nitrogen and oxygen atoms in total. The van der Waals surface area contributed by atoms with Gasteiger partial charge >= 0.3 is 0 Å². The lowest BCUT2D eigenvalue weighted by Crippen LogP contribution is -2.32. The van der Waals surface area contributed by atoms with Crippen LogP contribution in [0.25, 0.3) is 0 Å². The zero-order chi connectivity index (χ0) is 12.4. The molecule has 1 saturated heterocycles. The van der Waals surface area contributed by atoms with Gasteiger partial charge in [-0.2, -0.15) is 0 Å². The van der Waals surface area contributed by atoms with Gasteiger partial charge in [-0.1, -0.05) is 17.7 Å². The Morgan fingerprint density at radius 1 is 1.59 bits per heavy atom. The van der Waals surface area contributed by atoms with Gasteiger partial charge in [0.1, 0.15) is 0 Å². The Hall–Kier alpha value is -0.770. The molecule has 94 valence electrons. The predicted octanol–water partition coefficient (Wildman–Crippen LogP) is 2.32. The van der Waals surface area contributed by atoms with Crippen molar-refractivity contribution >= 4 is 17.3 Å². The molecule has 2 rings (SSSR count). The first-order valence-electron chi connectivity index (χ1n) is 6.06. The lowest BCUT2D eigenvalue weighted by molar-refractivity contribution is 0.266. The minimum atomic E-state index is -0.00577. The maximum atomic E-state index is 9.33. The molecule has 0 aliphatic carbocycles. The maximum Gasteiger partial charge on any atom is 0.0643 e. The van der Waals surface area contributed by atoms with E-state index in [2.05, 4.69) is 4.90 Å². The van der Waals surface area contributed by atoms with E-state index in [9.17, 15) is 5.11 Å². The average Bonchev–Trinajstić information content (AvgIpc) is 2.76. The van der Waals surface area contributed by atoms with Crippen LogP contribution in [-0.2, 0) is 0 Å². The quantitative estimate of drug-likeness (QED) is 0.870. The fraction of sp³-hybridized carbons (Fsp3) is 0.538. The van der Waals surface area contributed by atoms with E-state index in [0.29, 0.717) is 0 Å². The minimum absolute atomic E-state index is 0.00577. The highest BCUT2D eigenvalue weighted by atomic mass is 35.5. The molecule has 1 aliphatic rings. The normalized spacial score (nSPS) is 21.9. The van der Waals surface area contributed by atoms with Crippen LogP contribution < -0.4 is 10.6 Å². The lowest BCUT2D eigenvalue weighted by Gasteiger charge is -2.26. The first-order chi connectivity index (χ1) is 8.13. The van der Waals surface area contributed by atoms with Crippen LogP contribution in [-0.4, -0.2) is 24.3 Å². The Balaban J connectivity index is 2.27. The summed E-state index contributed by atoms with van der Waals surface area (Å²) >= 11 is 6.30. The number of anilines is 1. The van der Waals surface area contributed by atoms with E-state index >= 15 is 0 Å². The summed E-state index contributed by atoms with van der Waals surface area (Å²) in [6.07, 6.45) is 2.14. The fourth-order valence-corrected chi connectivity index (χ4v) is 2.68. The molecule has 1 aromatic rings. The molecule has 1 aliphatic heterocycles. The molecule has 0 spiro atoms. The van der Waals surface area contributed by atoms with E-state index in [-0.39, 0.29) is 18.7 Å². The molecule has 1 heterocycles. The Morgan fingerprint density at radius 3 is 2.94 bits per heavy atom. The van der Waals surface area contributed by atoms with E-state index in [1.54, 1.807) is 0 Å². The number of nitrogens with two attached hydrogens (primary N) is 1. The molecule has 0 saturated carbocycles. The molecule has 0 amide bonds. The van der Waals surface area contributed by atoms with Crippen LogP contribution in [0, 0.1) is 0 Å². The topological polar surface area (TPSA) is 49.5 Å². The van der Waals surface area contributed by atoms with Gasteiger partial charge in [-0.25, -0.2) is 0 Å². The number of halogens is 1. The Kier molecular flexibility index (Phi) is 3.92. The van der Waals surface area contributed by atoms with E-state index in [4.69, 9.17) is 17.3 Å². The fourth-order valence-electron chi connectivity index (χ4n) is 2.38. The smallest absolute Gasteiger partial charge is 0.0643 e. The largest absolute Gasteiger partial charge is 0.394 e. The van der Waals surface area contributed by atoms with Crippen LogP contribution in [0.3, 0.4) is 0 Å². The van der Waals surface area contributed by atoms with Crippen LogP contribution in [0.15, 0.2) is 18.2 Å². The van der Waals surface area contributed by atoms with Gasteiger partial charge in [-0.15, -0.1) is 0 Å². The van der Waals surface area contributed by atoms with Gasteiger partial charge in [-0.3, -0.25) is 0 Å². The molecule has 0 radical (unpaired) electrons. The second-order valence-corrected chi connectivity index (χ2v) is 5.08. The van der Waals surface area contributed by atoms with Crippen molar-refractivity contribution in [2.45, 2.75) is 31.8 Å². The molecule has 2 atom stereocenters. The highest BCUT2D eigenvalue weighted by molar-refractivity contribution is 6.33. The number of aliphatic hydroxyl groups is 1. The van der Waals surface area contributed by atoms with Gasteiger partial charge in [0.2, 0.25) is 0 Å². The van der Waals surface area contributed by atoms with Crippen molar-refractivity contribution in [3.63, 3.8) is 0 Å². The number of nitrogens with zero attached hydrogens (tertiary/aromatic N) is 1. The summed E-state index contributed by atoms with van der Waals surface area (Å²) in [5.74, 6) is 0. The number of hydrogen-bond acceptors (Lipinski definition) is 3. The maximum absolute atomic E-state index is 9.33. The Labute approximate surface area is 107 Å².